The average molecular weight is 263 g/mol. The number of carboxylic acid groups (broad SMARTS) is 1. The summed E-state index contributed by atoms with van der Waals surface area (Å²) in [6.45, 7) is 2.76. The van der Waals surface area contributed by atoms with Gasteiger partial charge in [0.2, 0.25) is 5.91 Å². The minimum atomic E-state index is -0.874. The maximum Gasteiger partial charge on any atom is 0.306 e. The summed E-state index contributed by atoms with van der Waals surface area (Å²) in [4.78, 5) is 23.9. The number of carbonyl (C=O) groups is 2. The van der Waals surface area contributed by atoms with E-state index in [1.54, 1.807) is 11.0 Å². The van der Waals surface area contributed by atoms with Gasteiger partial charge in [-0.1, -0.05) is 0 Å². The summed E-state index contributed by atoms with van der Waals surface area (Å²) in [5.41, 5.74) is 2.01. The van der Waals surface area contributed by atoms with Crippen LogP contribution in [0.3, 0.4) is 0 Å². The number of ether oxygens (including phenoxy) is 1. The van der Waals surface area contributed by atoms with Crippen LogP contribution >= 0.6 is 0 Å². The molecule has 1 amide bonds. The van der Waals surface area contributed by atoms with Crippen LogP contribution in [0.1, 0.15) is 25.3 Å². The van der Waals surface area contributed by atoms with Crippen LogP contribution in [0, 0.1) is 0 Å². The molecule has 0 saturated carbocycles. The quantitative estimate of drug-likeness (QED) is 0.880. The second kappa shape index (κ2) is 5.73. The van der Waals surface area contributed by atoms with Crippen LogP contribution in [0.4, 0.5) is 5.69 Å². The molecule has 5 nitrogen and oxygen atoms in total. The Kier molecular flexibility index (Phi) is 4.04. The summed E-state index contributed by atoms with van der Waals surface area (Å²) in [7, 11) is 0. The van der Waals surface area contributed by atoms with E-state index < -0.39 is 5.97 Å². The molecule has 2 rings (SSSR count). The Balaban J connectivity index is 2.11. The molecule has 1 aromatic rings. The highest BCUT2D eigenvalue weighted by atomic mass is 16.5. The monoisotopic (exact) mass is 263 g/mol. The summed E-state index contributed by atoms with van der Waals surface area (Å²) in [5, 5.41) is 8.56. The second-order valence-corrected chi connectivity index (χ2v) is 4.42. The highest BCUT2D eigenvalue weighted by molar-refractivity contribution is 5.96. The first kappa shape index (κ1) is 13.4. The van der Waals surface area contributed by atoms with Crippen LogP contribution in [0.25, 0.3) is 0 Å². The Morgan fingerprint density at radius 3 is 2.89 bits per heavy atom. The van der Waals surface area contributed by atoms with Gasteiger partial charge in [-0.15, -0.1) is 0 Å². The van der Waals surface area contributed by atoms with Gasteiger partial charge in [0.25, 0.3) is 0 Å². The van der Waals surface area contributed by atoms with Gasteiger partial charge in [0.15, 0.2) is 0 Å². The molecule has 102 valence electrons. The molecule has 0 bridgehead atoms. The highest BCUT2D eigenvalue weighted by Crippen LogP contribution is 2.30. The zero-order chi connectivity index (χ0) is 13.8. The molecule has 1 aliphatic heterocycles. The summed E-state index contributed by atoms with van der Waals surface area (Å²) in [5.74, 6) is -0.0688. The number of fused-ring (bicyclic) bond motifs is 1. The van der Waals surface area contributed by atoms with Gasteiger partial charge in [0.05, 0.1) is 13.0 Å². The molecule has 0 unspecified atom stereocenters. The molecule has 0 aromatic heterocycles. The molecule has 1 aliphatic rings. The lowest BCUT2D eigenvalue weighted by Crippen LogP contribution is -2.34. The number of carbonyl (C=O) groups excluding carboxylic acids is 1. The molecule has 0 atom stereocenters. The fourth-order valence-electron chi connectivity index (χ4n) is 2.23. The van der Waals surface area contributed by atoms with Gasteiger partial charge < -0.3 is 14.7 Å². The number of nitrogens with zero attached hydrogens (tertiary/aromatic N) is 1. The number of carboxylic acids is 1. The van der Waals surface area contributed by atoms with Gasteiger partial charge in [-0.25, -0.2) is 0 Å². The van der Waals surface area contributed by atoms with Crippen molar-refractivity contribution in [2.75, 3.05) is 18.1 Å². The third kappa shape index (κ3) is 3.05. The number of amides is 1. The maximum atomic E-state index is 11.7. The topological polar surface area (TPSA) is 66.8 Å². The van der Waals surface area contributed by atoms with Crippen molar-refractivity contribution in [3.63, 3.8) is 0 Å². The standard InChI is InChI=1S/C14H17NO4/c1-2-15-12-5-4-11(19-8-7-14(17)18)9-10(12)3-6-13(15)16/h4-5,9H,2-3,6-8H2,1H3,(H,17,18). The summed E-state index contributed by atoms with van der Waals surface area (Å²) < 4.78 is 5.39. The second-order valence-electron chi connectivity index (χ2n) is 4.42. The first-order chi connectivity index (χ1) is 9.11. The van der Waals surface area contributed by atoms with Gasteiger partial charge in [-0.05, 0) is 37.1 Å². The van der Waals surface area contributed by atoms with Crippen LogP contribution in [0.2, 0.25) is 0 Å². The van der Waals surface area contributed by atoms with E-state index in [1.165, 1.54) is 0 Å². The summed E-state index contributed by atoms with van der Waals surface area (Å²) in [6.07, 6.45) is 1.21. The molecular formula is C14H17NO4. The Labute approximate surface area is 111 Å². The molecule has 1 heterocycles. The van der Waals surface area contributed by atoms with Crippen molar-refractivity contribution in [3.05, 3.63) is 23.8 Å². The van der Waals surface area contributed by atoms with Crippen molar-refractivity contribution in [1.29, 1.82) is 0 Å². The predicted molar refractivity (Wildman–Crippen MR) is 70.5 cm³/mol. The van der Waals surface area contributed by atoms with E-state index in [4.69, 9.17) is 9.84 Å². The van der Waals surface area contributed by atoms with E-state index >= 15 is 0 Å². The molecular weight excluding hydrogens is 246 g/mol. The van der Waals surface area contributed by atoms with Crippen molar-refractivity contribution in [3.8, 4) is 5.75 Å². The van der Waals surface area contributed by atoms with Crippen LogP contribution in [0.15, 0.2) is 18.2 Å². The van der Waals surface area contributed by atoms with Crippen LogP contribution < -0.4 is 9.64 Å². The first-order valence-corrected chi connectivity index (χ1v) is 6.39. The molecule has 5 heteroatoms. The van der Waals surface area contributed by atoms with Gasteiger partial charge in [-0.3, -0.25) is 9.59 Å². The molecule has 1 aromatic carbocycles. The summed E-state index contributed by atoms with van der Waals surface area (Å²) >= 11 is 0. The number of hydrogen-bond acceptors (Lipinski definition) is 3. The molecule has 0 spiro atoms. The van der Waals surface area contributed by atoms with Crippen LogP contribution in [-0.4, -0.2) is 30.1 Å². The normalized spacial score (nSPS) is 14.2. The maximum absolute atomic E-state index is 11.7. The lowest BCUT2D eigenvalue weighted by molar-refractivity contribution is -0.137. The average Bonchev–Trinajstić information content (AvgIpc) is 2.38. The predicted octanol–water partition coefficient (Wildman–Crippen LogP) is 1.84. The number of aliphatic carboxylic acids is 1. The zero-order valence-electron chi connectivity index (χ0n) is 10.9. The van der Waals surface area contributed by atoms with Crippen molar-refractivity contribution < 1.29 is 19.4 Å². The minimum Gasteiger partial charge on any atom is -0.493 e. The zero-order valence-corrected chi connectivity index (χ0v) is 10.9. The number of hydrogen-bond donors (Lipinski definition) is 1. The Morgan fingerprint density at radius 2 is 2.21 bits per heavy atom. The van der Waals surface area contributed by atoms with Crippen LogP contribution in [0.5, 0.6) is 5.75 Å². The fraction of sp³-hybridized carbons (Fsp3) is 0.429. The van der Waals surface area contributed by atoms with Gasteiger partial charge in [0, 0.05) is 18.7 Å². The van der Waals surface area contributed by atoms with E-state index in [9.17, 15) is 9.59 Å². The van der Waals surface area contributed by atoms with E-state index in [0.717, 1.165) is 11.3 Å². The van der Waals surface area contributed by atoms with E-state index in [0.29, 0.717) is 25.1 Å². The third-order valence-electron chi connectivity index (χ3n) is 3.15. The Bertz CT molecular complexity index is 498. The molecule has 0 fully saturated rings. The third-order valence-corrected chi connectivity index (χ3v) is 3.15. The Morgan fingerprint density at radius 1 is 1.42 bits per heavy atom. The lowest BCUT2D eigenvalue weighted by Gasteiger charge is -2.28. The van der Waals surface area contributed by atoms with Crippen molar-refractivity contribution in [1.82, 2.24) is 0 Å². The van der Waals surface area contributed by atoms with Gasteiger partial charge >= 0.3 is 5.97 Å². The fourth-order valence-corrected chi connectivity index (χ4v) is 2.23. The van der Waals surface area contributed by atoms with E-state index in [2.05, 4.69) is 0 Å². The molecule has 1 N–H and O–H groups in total. The van der Waals surface area contributed by atoms with Crippen molar-refractivity contribution in [2.45, 2.75) is 26.2 Å². The molecule has 0 saturated heterocycles. The van der Waals surface area contributed by atoms with Gasteiger partial charge in [0.1, 0.15) is 5.75 Å². The molecule has 19 heavy (non-hydrogen) atoms. The first-order valence-electron chi connectivity index (χ1n) is 6.39. The van der Waals surface area contributed by atoms with E-state index in [-0.39, 0.29) is 18.9 Å². The van der Waals surface area contributed by atoms with Crippen LogP contribution in [-0.2, 0) is 16.0 Å². The minimum absolute atomic E-state index is 0.0172. The summed E-state index contributed by atoms with van der Waals surface area (Å²) in [6, 6.07) is 5.54. The number of benzene rings is 1. The molecule has 0 aliphatic carbocycles. The van der Waals surface area contributed by atoms with E-state index in [1.807, 2.05) is 19.1 Å². The number of anilines is 1. The highest BCUT2D eigenvalue weighted by Gasteiger charge is 2.22. The Hall–Kier alpha value is -2.04. The number of aryl methyl sites for hydroxylation is 1. The van der Waals surface area contributed by atoms with Gasteiger partial charge in [-0.2, -0.15) is 0 Å². The largest absolute Gasteiger partial charge is 0.493 e. The van der Waals surface area contributed by atoms with Crippen molar-refractivity contribution in [2.24, 2.45) is 0 Å². The number of rotatable bonds is 5. The smallest absolute Gasteiger partial charge is 0.306 e. The SMILES string of the molecule is CCN1C(=O)CCc2cc(OCCC(=O)O)ccc21. The lowest BCUT2D eigenvalue weighted by atomic mass is 10.0. The van der Waals surface area contributed by atoms with Crippen molar-refractivity contribution >= 4 is 17.6 Å². The molecule has 0 radical (unpaired) electrons.